The molecule has 0 aliphatic carbocycles. The van der Waals surface area contributed by atoms with Crippen molar-refractivity contribution in [2.45, 2.75) is 39.3 Å². The Kier molecular flexibility index (Phi) is 5.50. The Hall–Kier alpha value is -2.16. The molecule has 110 valence electrons. The van der Waals surface area contributed by atoms with E-state index in [9.17, 15) is 4.79 Å². The third kappa shape index (κ3) is 4.71. The van der Waals surface area contributed by atoms with Crippen molar-refractivity contribution >= 4 is 5.91 Å². The second-order valence-electron chi connectivity index (χ2n) is 5.46. The molecule has 0 unspecified atom stereocenters. The van der Waals surface area contributed by atoms with Crippen molar-refractivity contribution in [1.82, 2.24) is 9.88 Å². The lowest BCUT2D eigenvalue weighted by Crippen LogP contribution is -2.36. The van der Waals surface area contributed by atoms with Crippen LogP contribution in [0.25, 0.3) is 0 Å². The predicted octanol–water partition coefficient (Wildman–Crippen LogP) is 3.45. The van der Waals surface area contributed by atoms with E-state index in [1.165, 1.54) is 5.56 Å². The van der Waals surface area contributed by atoms with Crippen LogP contribution >= 0.6 is 0 Å². The number of hydrogen-bond acceptors (Lipinski definition) is 2. The van der Waals surface area contributed by atoms with Crippen molar-refractivity contribution in [1.29, 1.82) is 0 Å². The van der Waals surface area contributed by atoms with E-state index in [1.807, 2.05) is 41.4 Å². The molecular formula is C18H22N2O. The molecule has 0 fully saturated rings. The van der Waals surface area contributed by atoms with Gasteiger partial charge in [0.25, 0.3) is 0 Å². The molecule has 0 saturated heterocycles. The fourth-order valence-corrected chi connectivity index (χ4v) is 2.28. The van der Waals surface area contributed by atoms with Gasteiger partial charge in [-0.05, 0) is 37.5 Å². The normalized spacial score (nSPS) is 10.6. The molecule has 3 heteroatoms. The van der Waals surface area contributed by atoms with Crippen molar-refractivity contribution in [2.24, 2.45) is 0 Å². The Labute approximate surface area is 126 Å². The Morgan fingerprint density at radius 2 is 1.81 bits per heavy atom. The number of aryl methyl sites for hydroxylation is 1. The molecule has 0 aliphatic rings. The van der Waals surface area contributed by atoms with Crippen molar-refractivity contribution in [2.75, 3.05) is 0 Å². The van der Waals surface area contributed by atoms with Gasteiger partial charge in [-0.2, -0.15) is 0 Å². The van der Waals surface area contributed by atoms with Crippen LogP contribution < -0.4 is 0 Å². The molecule has 1 aromatic carbocycles. The molecule has 0 N–H and O–H groups in total. The number of carbonyl (C=O) groups excluding carboxylic acids is 1. The highest BCUT2D eigenvalue weighted by atomic mass is 16.2. The van der Waals surface area contributed by atoms with Gasteiger partial charge >= 0.3 is 0 Å². The van der Waals surface area contributed by atoms with Crippen molar-refractivity contribution in [3.05, 3.63) is 66.0 Å². The fourth-order valence-electron chi connectivity index (χ4n) is 2.28. The van der Waals surface area contributed by atoms with Crippen molar-refractivity contribution in [3.63, 3.8) is 0 Å². The molecule has 0 aliphatic heterocycles. The zero-order valence-corrected chi connectivity index (χ0v) is 12.7. The molecule has 21 heavy (non-hydrogen) atoms. The molecule has 0 radical (unpaired) electrons. The first-order valence-electron chi connectivity index (χ1n) is 7.39. The molecule has 1 aromatic heterocycles. The van der Waals surface area contributed by atoms with Gasteiger partial charge in [-0.25, -0.2) is 0 Å². The average molecular weight is 282 g/mol. The number of carbonyl (C=O) groups is 1. The van der Waals surface area contributed by atoms with Crippen LogP contribution in [-0.4, -0.2) is 21.8 Å². The molecule has 0 saturated carbocycles. The lowest BCUT2D eigenvalue weighted by molar-refractivity contribution is -0.133. The van der Waals surface area contributed by atoms with E-state index in [1.54, 1.807) is 6.20 Å². The summed E-state index contributed by atoms with van der Waals surface area (Å²) in [5.74, 6) is 0.192. The molecule has 2 rings (SSSR count). The van der Waals surface area contributed by atoms with Crippen LogP contribution in [0.1, 0.15) is 31.4 Å². The van der Waals surface area contributed by atoms with Gasteiger partial charge in [0.2, 0.25) is 5.91 Å². The summed E-state index contributed by atoms with van der Waals surface area (Å²) >= 11 is 0. The fraction of sp³-hybridized carbons (Fsp3) is 0.333. The Bertz CT molecular complexity index is 552. The smallest absolute Gasteiger partial charge is 0.223 e. The number of benzene rings is 1. The standard InChI is InChI=1S/C18H22N2O/c1-15(2)20(14-17-7-4-3-5-8-17)18(21)11-10-16-9-6-12-19-13-16/h3-9,12-13,15H,10-11,14H2,1-2H3. The van der Waals surface area contributed by atoms with E-state index in [4.69, 9.17) is 0 Å². The van der Waals surface area contributed by atoms with Gasteiger partial charge in [-0.15, -0.1) is 0 Å². The Morgan fingerprint density at radius 1 is 1.10 bits per heavy atom. The summed E-state index contributed by atoms with van der Waals surface area (Å²) in [6.45, 7) is 4.79. The van der Waals surface area contributed by atoms with Crippen molar-refractivity contribution < 1.29 is 4.79 Å². The van der Waals surface area contributed by atoms with Crippen LogP contribution in [0.15, 0.2) is 54.9 Å². The summed E-state index contributed by atoms with van der Waals surface area (Å²) in [5, 5.41) is 0. The monoisotopic (exact) mass is 282 g/mol. The molecule has 2 aromatic rings. The average Bonchev–Trinajstić information content (AvgIpc) is 2.52. The van der Waals surface area contributed by atoms with Gasteiger partial charge in [-0.1, -0.05) is 36.4 Å². The van der Waals surface area contributed by atoms with Crippen LogP contribution in [0.5, 0.6) is 0 Å². The highest BCUT2D eigenvalue weighted by Crippen LogP contribution is 2.11. The molecule has 3 nitrogen and oxygen atoms in total. The molecule has 0 atom stereocenters. The number of rotatable bonds is 6. The lowest BCUT2D eigenvalue weighted by Gasteiger charge is -2.27. The van der Waals surface area contributed by atoms with Gasteiger partial charge in [0, 0.05) is 31.4 Å². The SMILES string of the molecule is CC(C)N(Cc1ccccc1)C(=O)CCc1cccnc1. The molecule has 0 spiro atoms. The largest absolute Gasteiger partial charge is 0.336 e. The first kappa shape index (κ1) is 15.2. The number of nitrogens with zero attached hydrogens (tertiary/aromatic N) is 2. The topological polar surface area (TPSA) is 33.2 Å². The zero-order chi connectivity index (χ0) is 15.1. The van der Waals surface area contributed by atoms with E-state index in [-0.39, 0.29) is 11.9 Å². The van der Waals surface area contributed by atoms with Crippen LogP contribution in [-0.2, 0) is 17.8 Å². The minimum absolute atomic E-state index is 0.192. The third-order valence-electron chi connectivity index (χ3n) is 3.49. The van der Waals surface area contributed by atoms with E-state index < -0.39 is 0 Å². The van der Waals surface area contributed by atoms with E-state index in [0.717, 1.165) is 12.0 Å². The summed E-state index contributed by atoms with van der Waals surface area (Å²) in [4.78, 5) is 18.5. The summed E-state index contributed by atoms with van der Waals surface area (Å²) in [5.41, 5.74) is 2.27. The minimum atomic E-state index is 0.192. The maximum atomic E-state index is 12.5. The van der Waals surface area contributed by atoms with E-state index in [0.29, 0.717) is 13.0 Å². The highest BCUT2D eigenvalue weighted by molar-refractivity contribution is 5.76. The van der Waals surface area contributed by atoms with Gasteiger partial charge in [0.05, 0.1) is 0 Å². The van der Waals surface area contributed by atoms with Crippen LogP contribution in [0, 0.1) is 0 Å². The molecule has 1 heterocycles. The van der Waals surface area contributed by atoms with Gasteiger partial charge in [0.1, 0.15) is 0 Å². The number of pyridine rings is 1. The van der Waals surface area contributed by atoms with E-state index in [2.05, 4.69) is 31.0 Å². The third-order valence-corrected chi connectivity index (χ3v) is 3.49. The van der Waals surface area contributed by atoms with Crippen LogP contribution in [0.3, 0.4) is 0 Å². The first-order chi connectivity index (χ1) is 10.2. The summed E-state index contributed by atoms with van der Waals surface area (Å²) in [7, 11) is 0. The van der Waals surface area contributed by atoms with Crippen LogP contribution in [0.4, 0.5) is 0 Å². The maximum absolute atomic E-state index is 12.5. The number of aromatic nitrogens is 1. The van der Waals surface area contributed by atoms with Crippen LogP contribution in [0.2, 0.25) is 0 Å². The number of amides is 1. The Morgan fingerprint density at radius 3 is 2.43 bits per heavy atom. The Balaban J connectivity index is 1.96. The van der Waals surface area contributed by atoms with Gasteiger partial charge < -0.3 is 4.90 Å². The minimum Gasteiger partial charge on any atom is -0.336 e. The van der Waals surface area contributed by atoms with Crippen molar-refractivity contribution in [3.8, 4) is 0 Å². The second kappa shape index (κ2) is 7.58. The summed E-state index contributed by atoms with van der Waals surface area (Å²) < 4.78 is 0. The molecule has 0 bridgehead atoms. The maximum Gasteiger partial charge on any atom is 0.223 e. The number of hydrogen-bond donors (Lipinski definition) is 0. The first-order valence-corrected chi connectivity index (χ1v) is 7.39. The van der Waals surface area contributed by atoms with Gasteiger partial charge in [0.15, 0.2) is 0 Å². The predicted molar refractivity (Wildman–Crippen MR) is 84.7 cm³/mol. The summed E-state index contributed by atoms with van der Waals surface area (Å²) in [6, 6.07) is 14.2. The second-order valence-corrected chi connectivity index (χ2v) is 5.46. The molecule has 1 amide bonds. The zero-order valence-electron chi connectivity index (χ0n) is 12.7. The molecular weight excluding hydrogens is 260 g/mol. The highest BCUT2D eigenvalue weighted by Gasteiger charge is 2.17. The quantitative estimate of drug-likeness (QED) is 0.813. The van der Waals surface area contributed by atoms with E-state index >= 15 is 0 Å². The summed E-state index contributed by atoms with van der Waals surface area (Å²) in [6.07, 6.45) is 4.84. The van der Waals surface area contributed by atoms with Gasteiger partial charge in [-0.3, -0.25) is 9.78 Å². The lowest BCUT2D eigenvalue weighted by atomic mass is 10.1.